The van der Waals surface area contributed by atoms with Crippen molar-refractivity contribution in [1.29, 1.82) is 0 Å². The van der Waals surface area contributed by atoms with Crippen molar-refractivity contribution < 1.29 is 14.3 Å². The van der Waals surface area contributed by atoms with E-state index in [-0.39, 0.29) is 11.8 Å². The van der Waals surface area contributed by atoms with Crippen molar-refractivity contribution in [2.24, 2.45) is 0 Å². The minimum Gasteiger partial charge on any atom is -0.462 e. The summed E-state index contributed by atoms with van der Waals surface area (Å²) in [5.74, 6) is -0.122. The van der Waals surface area contributed by atoms with Crippen LogP contribution in [0.25, 0.3) is 10.9 Å². The Bertz CT molecular complexity index is 1320. The van der Waals surface area contributed by atoms with E-state index in [0.29, 0.717) is 25.1 Å². The molecule has 0 aliphatic heterocycles. The molecule has 5 rings (SSSR count). The smallest absolute Gasteiger partial charge is 0.338 e. The first-order chi connectivity index (χ1) is 17.6. The Morgan fingerprint density at radius 2 is 1.58 bits per heavy atom. The number of carbonyl (C=O) groups is 2. The lowest BCUT2D eigenvalue weighted by Crippen LogP contribution is -2.28. The second-order valence-corrected chi connectivity index (χ2v) is 9.39. The van der Waals surface area contributed by atoms with Crippen molar-refractivity contribution in [2.45, 2.75) is 45.8 Å². The summed E-state index contributed by atoms with van der Waals surface area (Å²) >= 11 is 0. The van der Waals surface area contributed by atoms with Crippen LogP contribution in [0.4, 0.5) is 0 Å². The Morgan fingerprint density at radius 3 is 2.22 bits per heavy atom. The maximum absolute atomic E-state index is 13.1. The van der Waals surface area contributed by atoms with Crippen molar-refractivity contribution in [3.8, 4) is 0 Å². The molecule has 184 valence electrons. The van der Waals surface area contributed by atoms with Gasteiger partial charge in [-0.05, 0) is 54.7 Å². The van der Waals surface area contributed by atoms with Crippen LogP contribution in [0.3, 0.4) is 0 Å². The zero-order chi connectivity index (χ0) is 24.9. The number of carbonyl (C=O) groups excluding carboxylic acids is 2. The van der Waals surface area contributed by atoms with Crippen LogP contribution in [-0.4, -0.2) is 34.4 Å². The third kappa shape index (κ3) is 5.12. The molecule has 0 bridgehead atoms. The zero-order valence-corrected chi connectivity index (χ0v) is 20.8. The molecule has 1 aromatic heterocycles. The van der Waals surface area contributed by atoms with Gasteiger partial charge in [0.05, 0.1) is 17.9 Å². The fraction of sp³-hybridized carbons (Fsp3) is 0.290. The van der Waals surface area contributed by atoms with Crippen LogP contribution in [0.2, 0.25) is 0 Å². The lowest BCUT2D eigenvalue weighted by molar-refractivity contribution is 0.0526. The molecular weight excluding hydrogens is 448 g/mol. The number of benzene rings is 3. The van der Waals surface area contributed by atoms with Crippen LogP contribution in [0.5, 0.6) is 0 Å². The highest BCUT2D eigenvalue weighted by atomic mass is 16.5. The lowest BCUT2D eigenvalue weighted by atomic mass is 9.94. The molecule has 1 aliphatic rings. The molecule has 0 atom stereocenters. The molecule has 0 N–H and O–H groups in total. The van der Waals surface area contributed by atoms with Gasteiger partial charge in [0.15, 0.2) is 5.78 Å². The maximum Gasteiger partial charge on any atom is 0.338 e. The monoisotopic (exact) mass is 480 g/mol. The minimum absolute atomic E-state index is 0.197. The van der Waals surface area contributed by atoms with Gasteiger partial charge < -0.3 is 9.30 Å². The molecule has 36 heavy (non-hydrogen) atoms. The highest BCUT2D eigenvalue weighted by Crippen LogP contribution is 2.33. The number of esters is 1. The number of aryl methyl sites for hydroxylation is 1. The largest absolute Gasteiger partial charge is 0.462 e. The summed E-state index contributed by atoms with van der Waals surface area (Å²) in [5.41, 5.74) is 5.98. The first kappa shape index (κ1) is 24.0. The molecule has 1 aliphatic carbocycles. The van der Waals surface area contributed by atoms with E-state index in [4.69, 9.17) is 4.74 Å². The molecular formula is C31H32N2O3. The van der Waals surface area contributed by atoms with E-state index in [9.17, 15) is 9.59 Å². The molecule has 0 saturated heterocycles. The maximum atomic E-state index is 13.1. The summed E-state index contributed by atoms with van der Waals surface area (Å²) < 4.78 is 7.41. The molecule has 3 aromatic carbocycles. The zero-order valence-electron chi connectivity index (χ0n) is 20.8. The van der Waals surface area contributed by atoms with Crippen LogP contribution in [0.15, 0.2) is 78.9 Å². The van der Waals surface area contributed by atoms with Crippen LogP contribution in [0, 0.1) is 0 Å². The van der Waals surface area contributed by atoms with Crippen LogP contribution >= 0.6 is 0 Å². The Morgan fingerprint density at radius 1 is 0.917 bits per heavy atom. The van der Waals surface area contributed by atoms with E-state index in [0.717, 1.165) is 54.6 Å². The fourth-order valence-corrected chi connectivity index (χ4v) is 5.25. The van der Waals surface area contributed by atoms with E-state index in [1.807, 2.05) is 37.3 Å². The van der Waals surface area contributed by atoms with Crippen LogP contribution in [0.1, 0.15) is 57.3 Å². The number of aromatic nitrogens is 1. The Balaban J connectivity index is 1.47. The van der Waals surface area contributed by atoms with Crippen molar-refractivity contribution >= 4 is 22.7 Å². The quantitative estimate of drug-likeness (QED) is 0.274. The Labute approximate surface area is 212 Å². The molecule has 0 radical (unpaired) electrons. The summed E-state index contributed by atoms with van der Waals surface area (Å²) in [6.45, 7) is 5.32. The van der Waals surface area contributed by atoms with E-state index in [1.165, 1.54) is 11.1 Å². The first-order valence-electron chi connectivity index (χ1n) is 12.8. The van der Waals surface area contributed by atoms with Crippen molar-refractivity contribution in [3.05, 3.63) is 107 Å². The van der Waals surface area contributed by atoms with Gasteiger partial charge in [0, 0.05) is 43.5 Å². The predicted molar refractivity (Wildman–Crippen MR) is 142 cm³/mol. The normalized spacial score (nSPS) is 13.2. The van der Waals surface area contributed by atoms with E-state index in [2.05, 4.69) is 58.0 Å². The van der Waals surface area contributed by atoms with E-state index < -0.39 is 0 Å². The molecule has 0 unspecified atom stereocenters. The van der Waals surface area contributed by atoms with Crippen molar-refractivity contribution in [3.63, 3.8) is 0 Å². The van der Waals surface area contributed by atoms with Crippen LogP contribution in [-0.2, 0) is 30.8 Å². The second-order valence-electron chi connectivity index (χ2n) is 9.39. The summed E-state index contributed by atoms with van der Waals surface area (Å²) in [4.78, 5) is 27.9. The molecule has 0 amide bonds. The molecule has 5 heteroatoms. The summed E-state index contributed by atoms with van der Waals surface area (Å²) in [6.07, 6.45) is 2.28. The standard InChI is InChI=1S/C31H32N2O3/c1-2-36-31(35)25-16-17-28-27(20-25)26-14-9-15-29(34)30(26)33(28)19-18-32(21-23-10-5-3-6-11-23)22-24-12-7-4-8-13-24/h3-8,10-13,16-17,20H,2,9,14-15,18-19,21-22H2,1H3. The highest BCUT2D eigenvalue weighted by molar-refractivity contribution is 6.05. The summed E-state index contributed by atoms with van der Waals surface area (Å²) in [6, 6.07) is 26.7. The number of nitrogens with zero attached hydrogens (tertiary/aromatic N) is 2. The average Bonchev–Trinajstić information content (AvgIpc) is 3.23. The van der Waals surface area contributed by atoms with Gasteiger partial charge in [-0.1, -0.05) is 60.7 Å². The number of hydrogen-bond donors (Lipinski definition) is 0. The molecule has 1 heterocycles. The average molecular weight is 481 g/mol. The fourth-order valence-electron chi connectivity index (χ4n) is 5.25. The third-order valence-corrected chi connectivity index (χ3v) is 6.91. The number of ether oxygens (including phenoxy) is 1. The van der Waals surface area contributed by atoms with Gasteiger partial charge >= 0.3 is 5.97 Å². The molecule has 0 spiro atoms. The minimum atomic E-state index is -0.320. The second kappa shape index (κ2) is 10.9. The first-order valence-corrected chi connectivity index (χ1v) is 12.8. The predicted octanol–water partition coefficient (Wildman–Crippen LogP) is 6.04. The van der Waals surface area contributed by atoms with E-state index in [1.54, 1.807) is 0 Å². The van der Waals surface area contributed by atoms with E-state index >= 15 is 0 Å². The van der Waals surface area contributed by atoms with Crippen molar-refractivity contribution in [2.75, 3.05) is 13.2 Å². The molecule has 4 aromatic rings. The topological polar surface area (TPSA) is 51.5 Å². The van der Waals surface area contributed by atoms with Crippen LogP contribution < -0.4 is 0 Å². The van der Waals surface area contributed by atoms with Gasteiger partial charge in [0.1, 0.15) is 0 Å². The van der Waals surface area contributed by atoms with Gasteiger partial charge in [-0.25, -0.2) is 4.79 Å². The number of rotatable bonds is 9. The highest BCUT2D eigenvalue weighted by Gasteiger charge is 2.27. The molecule has 0 saturated carbocycles. The van der Waals surface area contributed by atoms with Gasteiger partial charge in [0.2, 0.25) is 0 Å². The Hall–Kier alpha value is -3.70. The van der Waals surface area contributed by atoms with Gasteiger partial charge in [-0.3, -0.25) is 9.69 Å². The lowest BCUT2D eigenvalue weighted by Gasteiger charge is -2.24. The number of Topliss-reactive ketones (excluding diaryl/α,β-unsaturated/α-hetero) is 1. The summed E-state index contributed by atoms with van der Waals surface area (Å²) in [7, 11) is 0. The van der Waals surface area contributed by atoms with Gasteiger partial charge in [-0.15, -0.1) is 0 Å². The van der Waals surface area contributed by atoms with Gasteiger partial charge in [0.25, 0.3) is 0 Å². The van der Waals surface area contributed by atoms with Gasteiger partial charge in [-0.2, -0.15) is 0 Å². The van der Waals surface area contributed by atoms with Crippen molar-refractivity contribution in [1.82, 2.24) is 9.47 Å². The Kier molecular flexibility index (Phi) is 7.28. The SMILES string of the molecule is CCOC(=O)c1ccc2c(c1)c1c(n2CCN(Cc2ccccc2)Cc2ccccc2)C(=O)CCC1. The molecule has 5 nitrogen and oxygen atoms in total. The number of ketones is 1. The molecule has 0 fully saturated rings. The number of fused-ring (bicyclic) bond motifs is 3. The third-order valence-electron chi connectivity index (χ3n) is 6.91. The number of hydrogen-bond acceptors (Lipinski definition) is 4. The summed E-state index contributed by atoms with van der Waals surface area (Å²) in [5, 5.41) is 1.00.